The molecule has 8 saturated carbocycles. The van der Waals surface area contributed by atoms with Gasteiger partial charge in [0.2, 0.25) is 0 Å². The Hall–Kier alpha value is -6.59. The molecule has 0 aromatic heterocycles. The van der Waals surface area contributed by atoms with E-state index in [4.69, 9.17) is 56.8 Å². The minimum atomic E-state index is -4.62. The van der Waals surface area contributed by atoms with Crippen molar-refractivity contribution >= 4 is 65.7 Å². The molecule has 0 amide bonds. The fraction of sp³-hybridized carbons (Fsp3) is 0.836. The quantitative estimate of drug-likeness (QED) is 0.103. The average molecular weight is 1410 g/mol. The summed E-state index contributed by atoms with van der Waals surface area (Å²) in [6.07, 6.45) is -2.02. The monoisotopic (exact) mass is 1410 g/mol. The van der Waals surface area contributed by atoms with Crippen LogP contribution in [0.5, 0.6) is 0 Å². The number of hydrogen-bond acceptors (Lipinski definition) is 24. The second-order valence-corrected chi connectivity index (χ2v) is 33.8. The molecule has 0 spiro atoms. The van der Waals surface area contributed by atoms with Crippen LogP contribution in [0.25, 0.3) is 0 Å². The van der Waals surface area contributed by atoms with Gasteiger partial charge in [0.15, 0.2) is 23.0 Å². The third-order valence-electron chi connectivity index (χ3n) is 26.5. The first kappa shape index (κ1) is 74.6. The molecule has 0 N–H and O–H groups in total. The number of rotatable bonds is 16. The van der Waals surface area contributed by atoms with E-state index in [0.29, 0.717) is 56.8 Å². The standard InChI is InChI=1S/C16H22O6.C15H19F3O4.C15H19NO4.C14H20O4.C13H18O5/c1-5-16(2,3)15(19)22-12-7-6-8-10(9(7)13(17)20-4)14(18)21-11(8)12;1-4-13(2,3)11(19)21-9-7-5-8-10(9)22-12(20)14(8,6-7)15(16,17)18;1-4-14(2,3)12(17)19-10-8-5-9-11(10)20-13(18)15(9,6-8)7-16;1-4-14(2,3)13(16)18-10-7-5-8-9(6-7)12(15)17-11(8)10;1-4-13(2,3)12(15)18-9-7-5-6-8(16-7)10(9)17-11(6)14/h7-12H,5-6H2,1-4H3;7-10H,4-6H2,1-3H3;8-11H,4-6H2,1-3H3;7-11H,4-6H2,1-3H3;6-10H,4-5H2,1-3H3. The van der Waals surface area contributed by atoms with Crippen molar-refractivity contribution in [3.8, 4) is 6.07 Å². The van der Waals surface area contributed by atoms with Crippen LogP contribution in [0.1, 0.15) is 187 Å². The Morgan fingerprint density at radius 2 is 0.890 bits per heavy atom. The van der Waals surface area contributed by atoms with Crippen LogP contribution in [0.15, 0.2) is 0 Å². The van der Waals surface area contributed by atoms with Gasteiger partial charge in [0.05, 0.1) is 70.0 Å². The van der Waals surface area contributed by atoms with E-state index in [1.165, 1.54) is 7.11 Å². The maximum Gasteiger partial charge on any atom is 0.405 e. The van der Waals surface area contributed by atoms with Gasteiger partial charge >= 0.3 is 71.8 Å². The van der Waals surface area contributed by atoms with Gasteiger partial charge < -0.3 is 56.8 Å². The van der Waals surface area contributed by atoms with Gasteiger partial charge in [-0.1, -0.05) is 34.6 Å². The number of fused-ring (bicyclic) bond motifs is 5. The van der Waals surface area contributed by atoms with Crippen molar-refractivity contribution in [1.82, 2.24) is 0 Å². The van der Waals surface area contributed by atoms with E-state index in [9.17, 15) is 71.2 Å². The molecule has 100 heavy (non-hydrogen) atoms. The average Bonchev–Trinajstić information content (AvgIpc) is 1.59. The van der Waals surface area contributed by atoms with Crippen LogP contribution in [0.2, 0.25) is 0 Å². The predicted molar refractivity (Wildman–Crippen MR) is 335 cm³/mol. The Kier molecular flexibility index (Phi) is 19.4. The van der Waals surface area contributed by atoms with Crippen molar-refractivity contribution < 1.29 is 123 Å². The number of ether oxygens (including phenoxy) is 12. The lowest BCUT2D eigenvalue weighted by Crippen LogP contribution is -2.49. The Morgan fingerprint density at radius 3 is 1.39 bits per heavy atom. The second-order valence-electron chi connectivity index (χ2n) is 33.8. The lowest BCUT2D eigenvalue weighted by Gasteiger charge is -2.34. The van der Waals surface area contributed by atoms with E-state index < -0.39 is 134 Å². The highest BCUT2D eigenvalue weighted by Gasteiger charge is 2.81. The fourth-order valence-electron chi connectivity index (χ4n) is 18.0. The van der Waals surface area contributed by atoms with Gasteiger partial charge in [0.25, 0.3) is 0 Å². The summed E-state index contributed by atoms with van der Waals surface area (Å²) in [5, 5.41) is 9.31. The molecule has 0 aromatic rings. The van der Waals surface area contributed by atoms with Gasteiger partial charge in [-0.25, -0.2) is 0 Å². The third-order valence-corrected chi connectivity index (χ3v) is 26.5. The SMILES string of the molecule is CCC(C)(C)C(=O)OC1C2CC3C(=O)OC1C3C2.CCC(C)(C)C(=O)OC1C2CC3C(=O)OC1C3O2.CCC(C)(C)C(=O)OC1C2CC3C1OC(=O)C3(C#N)C2.CCC(C)(C)C(=O)OC1C2CC3C1OC(=O)C3(C(F)(F)F)C2.CCC(C)(C)C(=O)OC1C2CC3C1OC(=O)C3C2C(=O)OC. The molecular formula is C73H98F3NO23. The van der Waals surface area contributed by atoms with Gasteiger partial charge in [-0.15, -0.1) is 0 Å². The fourth-order valence-corrected chi connectivity index (χ4v) is 18.0. The molecule has 26 atom stereocenters. The molecule has 15 aliphatic rings. The molecule has 8 aliphatic carbocycles. The molecular weight excluding hydrogens is 1320 g/mol. The van der Waals surface area contributed by atoms with E-state index in [0.717, 1.165) is 25.7 Å². The van der Waals surface area contributed by atoms with Crippen molar-refractivity contribution in [2.24, 2.45) is 109 Å². The van der Waals surface area contributed by atoms with Gasteiger partial charge in [0.1, 0.15) is 54.9 Å². The van der Waals surface area contributed by atoms with Crippen molar-refractivity contribution in [2.75, 3.05) is 7.11 Å². The summed E-state index contributed by atoms with van der Waals surface area (Å²) >= 11 is 0. The molecule has 10 bridgehead atoms. The summed E-state index contributed by atoms with van der Waals surface area (Å²) < 4.78 is 105. The summed E-state index contributed by atoms with van der Waals surface area (Å²) in [4.78, 5) is 132. The highest BCUT2D eigenvalue weighted by atomic mass is 19.4. The molecule has 0 radical (unpaired) electrons. The molecule has 554 valence electrons. The number of carbonyl (C=O) groups is 11. The topological polar surface area (TPSA) is 322 Å². The van der Waals surface area contributed by atoms with Gasteiger partial charge in [0, 0.05) is 47.3 Å². The molecule has 27 heteroatoms. The Balaban J connectivity index is 0.000000126. The normalized spacial score (nSPS) is 40.4. The number of methoxy groups -OCH3 is 1. The maximum absolute atomic E-state index is 13.4. The maximum atomic E-state index is 13.4. The largest absolute Gasteiger partial charge is 0.469 e. The smallest absolute Gasteiger partial charge is 0.405 e. The molecule has 0 aromatic carbocycles. The lowest BCUT2D eigenvalue weighted by atomic mass is 9.73. The molecule has 15 rings (SSSR count). The van der Waals surface area contributed by atoms with Gasteiger partial charge in [-0.05, 0) is 153 Å². The zero-order valence-electron chi connectivity index (χ0n) is 60.0. The molecule has 7 aliphatic heterocycles. The number of esters is 11. The van der Waals surface area contributed by atoms with Crippen molar-refractivity contribution in [3.63, 3.8) is 0 Å². The zero-order valence-corrected chi connectivity index (χ0v) is 60.0. The lowest BCUT2D eigenvalue weighted by molar-refractivity contribution is -0.231. The van der Waals surface area contributed by atoms with Crippen LogP contribution in [-0.4, -0.2) is 152 Å². The van der Waals surface area contributed by atoms with E-state index in [2.05, 4.69) is 6.07 Å². The number of hydrogen-bond donors (Lipinski definition) is 0. The van der Waals surface area contributed by atoms with E-state index in [1.54, 1.807) is 13.8 Å². The van der Waals surface area contributed by atoms with E-state index in [1.807, 2.05) is 90.0 Å². The summed E-state index contributed by atoms with van der Waals surface area (Å²) in [6, 6.07) is 2.15. The van der Waals surface area contributed by atoms with E-state index in [-0.39, 0.29) is 121 Å². The molecule has 26 unspecified atom stereocenters. The first-order chi connectivity index (χ1) is 46.6. The minimum Gasteiger partial charge on any atom is -0.469 e. The highest BCUT2D eigenvalue weighted by molar-refractivity contribution is 5.88. The Bertz CT molecular complexity index is 3310. The van der Waals surface area contributed by atoms with Crippen LogP contribution >= 0.6 is 0 Å². The molecule has 7 heterocycles. The molecule has 24 nitrogen and oxygen atoms in total. The Morgan fingerprint density at radius 1 is 0.460 bits per heavy atom. The van der Waals surface area contributed by atoms with Crippen LogP contribution < -0.4 is 0 Å². The Labute approximate surface area is 580 Å². The first-order valence-electron chi connectivity index (χ1n) is 35.9. The van der Waals surface area contributed by atoms with Gasteiger partial charge in [-0.2, -0.15) is 18.4 Å². The third kappa shape index (κ3) is 11.9. The van der Waals surface area contributed by atoms with Crippen molar-refractivity contribution in [3.05, 3.63) is 0 Å². The number of alkyl halides is 3. The van der Waals surface area contributed by atoms with Crippen LogP contribution in [0, 0.1) is 120 Å². The zero-order chi connectivity index (χ0) is 73.6. The number of nitrogens with zero attached hydrogens (tertiary/aromatic N) is 1. The highest BCUT2D eigenvalue weighted by Crippen LogP contribution is 2.68. The number of halogens is 3. The van der Waals surface area contributed by atoms with Crippen LogP contribution in [0.4, 0.5) is 13.2 Å². The summed E-state index contributed by atoms with van der Waals surface area (Å²) in [5.41, 5.74) is -6.15. The molecule has 15 fully saturated rings. The second kappa shape index (κ2) is 26.0. The predicted octanol–water partition coefficient (Wildman–Crippen LogP) is 8.94. The van der Waals surface area contributed by atoms with Gasteiger partial charge in [-0.3, -0.25) is 52.7 Å². The number of carbonyl (C=O) groups excluding carboxylic acids is 11. The van der Waals surface area contributed by atoms with Crippen molar-refractivity contribution in [2.45, 2.75) is 267 Å². The van der Waals surface area contributed by atoms with Crippen LogP contribution in [-0.2, 0) is 110 Å². The van der Waals surface area contributed by atoms with Crippen LogP contribution in [0.3, 0.4) is 0 Å². The summed E-state index contributed by atoms with van der Waals surface area (Å²) in [7, 11) is 1.31. The summed E-state index contributed by atoms with van der Waals surface area (Å²) in [5.74, 6) is -6.17. The number of nitriles is 1. The molecule has 7 saturated heterocycles. The minimum absolute atomic E-state index is 0.0378. The first-order valence-corrected chi connectivity index (χ1v) is 35.9. The van der Waals surface area contributed by atoms with E-state index >= 15 is 0 Å². The summed E-state index contributed by atoms with van der Waals surface area (Å²) in [6.45, 7) is 27.9. The van der Waals surface area contributed by atoms with Crippen molar-refractivity contribution in [1.29, 1.82) is 5.26 Å².